The van der Waals surface area contributed by atoms with Gasteiger partial charge in [0.1, 0.15) is 5.78 Å². The quantitative estimate of drug-likeness (QED) is 0.543. The maximum absolute atomic E-state index is 10.6. The number of carboxylic acids is 1. The Hall–Kier alpha value is -1.50. The van der Waals surface area contributed by atoms with E-state index >= 15 is 0 Å². The Balaban J connectivity index is 0. The van der Waals surface area contributed by atoms with Crippen molar-refractivity contribution >= 4 is 11.8 Å². The molecule has 0 unspecified atom stereocenters. The number of carbonyl (C=O) groups excluding carboxylic acids is 1. The monoisotopic (exact) mass is 290 g/mol. The maximum atomic E-state index is 10.6. The first-order chi connectivity index (χ1) is 8.81. The number of carboxylic acid groups (broad SMARTS) is 1. The summed E-state index contributed by atoms with van der Waals surface area (Å²) in [6, 6.07) is 0. The summed E-state index contributed by atoms with van der Waals surface area (Å²) < 4.78 is 0. The highest BCUT2D eigenvalue weighted by Crippen LogP contribution is 2.20. The van der Waals surface area contributed by atoms with Crippen LogP contribution in [-0.2, 0) is 9.59 Å². The Morgan fingerprint density at radius 3 is 1.80 bits per heavy atom. The smallest absolute Gasteiger partial charge is 0.303 e. The number of aliphatic carboxylic acids is 1. The molecule has 0 amide bonds. The number of nitrogens with two attached hydrogens (primary N) is 1. The molecule has 0 saturated heterocycles. The van der Waals surface area contributed by atoms with E-state index in [2.05, 4.69) is 0 Å². The lowest BCUT2D eigenvalue weighted by molar-refractivity contribution is -0.495. The fourth-order valence-corrected chi connectivity index (χ4v) is 1.56. The molecule has 0 aromatic rings. The molecule has 0 bridgehead atoms. The van der Waals surface area contributed by atoms with Crippen molar-refractivity contribution in [2.75, 3.05) is 13.1 Å². The number of hydrogen-bond acceptors (Lipinski definition) is 5. The second-order valence-corrected chi connectivity index (χ2v) is 6.47. The molecule has 7 nitrogen and oxygen atoms in total. The molecule has 0 radical (unpaired) electrons. The van der Waals surface area contributed by atoms with Crippen molar-refractivity contribution in [3.63, 3.8) is 0 Å². The van der Waals surface area contributed by atoms with Gasteiger partial charge in [0.2, 0.25) is 6.54 Å². The molecule has 0 aliphatic heterocycles. The van der Waals surface area contributed by atoms with Crippen LogP contribution in [-0.4, -0.2) is 34.9 Å². The van der Waals surface area contributed by atoms with Crippen LogP contribution in [0.25, 0.3) is 0 Å². The van der Waals surface area contributed by atoms with E-state index < -0.39 is 11.4 Å². The zero-order valence-corrected chi connectivity index (χ0v) is 12.9. The van der Waals surface area contributed by atoms with E-state index in [0.717, 1.165) is 0 Å². The second kappa shape index (κ2) is 8.63. The summed E-state index contributed by atoms with van der Waals surface area (Å²) in [5.74, 6) is -0.790. The van der Waals surface area contributed by atoms with Crippen LogP contribution in [0.4, 0.5) is 0 Å². The zero-order valence-electron chi connectivity index (χ0n) is 12.9. The predicted molar refractivity (Wildman–Crippen MR) is 76.0 cm³/mol. The van der Waals surface area contributed by atoms with Gasteiger partial charge in [0, 0.05) is 16.8 Å². The van der Waals surface area contributed by atoms with Gasteiger partial charge in [-0.2, -0.15) is 0 Å². The summed E-state index contributed by atoms with van der Waals surface area (Å²) in [5, 5.41) is 18.4. The Morgan fingerprint density at radius 2 is 1.60 bits per heavy atom. The third-order valence-electron chi connectivity index (χ3n) is 2.47. The molecule has 20 heavy (non-hydrogen) atoms. The number of hydrogen-bond donors (Lipinski definition) is 2. The molecule has 3 N–H and O–H groups in total. The minimum absolute atomic E-state index is 0.00292. The van der Waals surface area contributed by atoms with E-state index in [1.165, 1.54) is 6.92 Å². The minimum atomic E-state index is -0.787. The number of Topliss-reactive ketones (excluding diaryl/α,β-unsaturated/α-hetero) is 1. The lowest BCUT2D eigenvalue weighted by Gasteiger charge is -2.18. The molecular formula is C13H26N2O5. The molecule has 0 rings (SSSR count). The summed E-state index contributed by atoms with van der Waals surface area (Å²) in [4.78, 5) is 30.4. The SMILES string of the molecule is CC(=O)CC(C)(C)C[N+](=O)[O-].CC(C)(CN)CC(=O)O. The van der Waals surface area contributed by atoms with Gasteiger partial charge >= 0.3 is 5.97 Å². The molecule has 0 heterocycles. The van der Waals surface area contributed by atoms with Gasteiger partial charge in [0.25, 0.3) is 0 Å². The molecule has 0 atom stereocenters. The van der Waals surface area contributed by atoms with E-state index in [0.29, 0.717) is 6.54 Å². The van der Waals surface area contributed by atoms with Crippen molar-refractivity contribution in [3.05, 3.63) is 10.1 Å². The van der Waals surface area contributed by atoms with Crippen LogP contribution in [0.5, 0.6) is 0 Å². The molecule has 118 valence electrons. The number of nitro groups is 1. The highest BCUT2D eigenvalue weighted by molar-refractivity contribution is 5.76. The van der Waals surface area contributed by atoms with Crippen LogP contribution < -0.4 is 5.73 Å². The van der Waals surface area contributed by atoms with Gasteiger partial charge in [-0.1, -0.05) is 27.7 Å². The van der Waals surface area contributed by atoms with Crippen molar-refractivity contribution in [1.29, 1.82) is 0 Å². The number of ketones is 1. The van der Waals surface area contributed by atoms with Crippen LogP contribution in [0.3, 0.4) is 0 Å². The Kier molecular flexibility index (Phi) is 8.98. The third kappa shape index (κ3) is 14.6. The van der Waals surface area contributed by atoms with Gasteiger partial charge in [0.05, 0.1) is 6.42 Å². The highest BCUT2D eigenvalue weighted by Gasteiger charge is 2.25. The number of nitrogens with zero attached hydrogens (tertiary/aromatic N) is 1. The van der Waals surface area contributed by atoms with Gasteiger partial charge in [-0.05, 0) is 18.9 Å². The summed E-state index contributed by atoms with van der Waals surface area (Å²) >= 11 is 0. The molecule has 0 aliphatic rings. The van der Waals surface area contributed by atoms with E-state index in [9.17, 15) is 19.7 Å². The van der Waals surface area contributed by atoms with Gasteiger partial charge in [0.15, 0.2) is 0 Å². The molecule has 0 aliphatic carbocycles. The summed E-state index contributed by atoms with van der Waals surface area (Å²) in [7, 11) is 0. The fourth-order valence-electron chi connectivity index (χ4n) is 1.56. The standard InChI is InChI=1S/C7H13NO3.C6H13NO2/c1-6(9)4-7(2,3)5-8(10)11;1-6(2,4-7)3-5(8)9/h4-5H2,1-3H3;3-4,7H2,1-2H3,(H,8,9). The molecule has 0 saturated carbocycles. The Bertz CT molecular complexity index is 333. The van der Waals surface area contributed by atoms with E-state index in [4.69, 9.17) is 10.8 Å². The molecule has 7 heteroatoms. The van der Waals surface area contributed by atoms with E-state index in [1.54, 1.807) is 13.8 Å². The molecule has 0 aromatic heterocycles. The largest absolute Gasteiger partial charge is 0.481 e. The molecule has 0 aromatic carbocycles. The fraction of sp³-hybridized carbons (Fsp3) is 0.846. The van der Waals surface area contributed by atoms with Crippen molar-refractivity contribution in [1.82, 2.24) is 0 Å². The Labute approximate surface area is 119 Å². The lowest BCUT2D eigenvalue weighted by atomic mass is 9.88. The first-order valence-electron chi connectivity index (χ1n) is 6.34. The lowest BCUT2D eigenvalue weighted by Crippen LogP contribution is -2.26. The summed E-state index contributed by atoms with van der Waals surface area (Å²) in [5.41, 5.74) is 4.53. The third-order valence-corrected chi connectivity index (χ3v) is 2.47. The van der Waals surface area contributed by atoms with Crippen molar-refractivity contribution in [3.8, 4) is 0 Å². The maximum Gasteiger partial charge on any atom is 0.303 e. The number of carbonyl (C=O) groups is 2. The van der Waals surface area contributed by atoms with E-state index in [-0.39, 0.29) is 35.5 Å². The second-order valence-electron chi connectivity index (χ2n) is 6.47. The van der Waals surface area contributed by atoms with Crippen LogP contribution in [0.15, 0.2) is 0 Å². The van der Waals surface area contributed by atoms with Crippen molar-refractivity contribution in [2.24, 2.45) is 16.6 Å². The van der Waals surface area contributed by atoms with Gasteiger partial charge < -0.3 is 15.6 Å². The van der Waals surface area contributed by atoms with Gasteiger partial charge in [-0.25, -0.2) is 0 Å². The average molecular weight is 290 g/mol. The van der Waals surface area contributed by atoms with Crippen LogP contribution in [0.2, 0.25) is 0 Å². The summed E-state index contributed by atoms with van der Waals surface area (Å²) in [6.07, 6.45) is 0.414. The molecule has 0 spiro atoms. The zero-order chi connectivity index (χ0) is 16.6. The highest BCUT2D eigenvalue weighted by atomic mass is 16.6. The minimum Gasteiger partial charge on any atom is -0.481 e. The normalized spacial score (nSPS) is 11.3. The molecular weight excluding hydrogens is 264 g/mol. The summed E-state index contributed by atoms with van der Waals surface area (Å²) in [6.45, 7) is 8.82. The van der Waals surface area contributed by atoms with Crippen LogP contribution >= 0.6 is 0 Å². The first kappa shape index (κ1) is 20.8. The Morgan fingerprint density at radius 1 is 1.15 bits per heavy atom. The van der Waals surface area contributed by atoms with Crippen LogP contribution in [0, 0.1) is 20.9 Å². The van der Waals surface area contributed by atoms with Gasteiger partial charge in [-0.15, -0.1) is 0 Å². The van der Waals surface area contributed by atoms with Crippen molar-refractivity contribution in [2.45, 2.75) is 47.5 Å². The van der Waals surface area contributed by atoms with Gasteiger partial charge in [-0.3, -0.25) is 14.9 Å². The van der Waals surface area contributed by atoms with Crippen molar-refractivity contribution < 1.29 is 19.6 Å². The average Bonchev–Trinajstić information content (AvgIpc) is 2.11. The van der Waals surface area contributed by atoms with E-state index in [1.807, 2.05) is 13.8 Å². The first-order valence-corrected chi connectivity index (χ1v) is 6.34. The topological polar surface area (TPSA) is 124 Å². The predicted octanol–water partition coefficient (Wildman–Crippen LogP) is 1.71. The number of rotatable bonds is 7. The molecule has 0 fully saturated rings. The van der Waals surface area contributed by atoms with Crippen LogP contribution in [0.1, 0.15) is 47.5 Å².